The number of alkyl halides is 6. The number of benzene rings is 2. The molecule has 1 aliphatic rings. The maximum Gasteiger partial charge on any atom is 0.471 e. The van der Waals surface area contributed by atoms with E-state index < -0.39 is 29.7 Å². The number of rotatable bonds is 3. The molecule has 0 atom stereocenters. The summed E-state index contributed by atoms with van der Waals surface area (Å²) in [6.07, 6.45) is -9.37. The minimum atomic E-state index is -4.81. The third-order valence-corrected chi connectivity index (χ3v) is 4.60. The Morgan fingerprint density at radius 3 is 2.40 bits per heavy atom. The summed E-state index contributed by atoms with van der Waals surface area (Å²) in [4.78, 5) is 17.2. The van der Waals surface area contributed by atoms with Crippen molar-refractivity contribution in [3.05, 3.63) is 70.6 Å². The van der Waals surface area contributed by atoms with Crippen LogP contribution in [0.2, 0.25) is 0 Å². The van der Waals surface area contributed by atoms with Crippen LogP contribution < -0.4 is 0 Å². The highest BCUT2D eigenvalue weighted by atomic mass is 19.4. The van der Waals surface area contributed by atoms with Crippen LogP contribution in [0.5, 0.6) is 0 Å². The molecule has 4 rings (SSSR count). The summed E-state index contributed by atoms with van der Waals surface area (Å²) in [7, 11) is 0. The second-order valence-corrected chi connectivity index (χ2v) is 6.61. The van der Waals surface area contributed by atoms with Gasteiger partial charge in [-0.25, -0.2) is 0 Å². The van der Waals surface area contributed by atoms with E-state index in [9.17, 15) is 31.1 Å². The van der Waals surface area contributed by atoms with E-state index in [1.165, 1.54) is 41.3 Å². The molecule has 1 aromatic heterocycles. The van der Waals surface area contributed by atoms with Crippen LogP contribution >= 0.6 is 0 Å². The predicted octanol–water partition coefficient (Wildman–Crippen LogP) is 4.93. The summed E-state index contributed by atoms with van der Waals surface area (Å²) in [5.74, 6) is -2.41. The van der Waals surface area contributed by atoms with Gasteiger partial charge in [-0.15, -0.1) is 0 Å². The van der Waals surface area contributed by atoms with Gasteiger partial charge in [0.15, 0.2) is 0 Å². The first-order valence-electron chi connectivity index (χ1n) is 8.52. The Labute approximate surface area is 164 Å². The van der Waals surface area contributed by atoms with Crippen molar-refractivity contribution in [2.24, 2.45) is 0 Å². The van der Waals surface area contributed by atoms with E-state index in [1.807, 2.05) is 0 Å². The van der Waals surface area contributed by atoms with Gasteiger partial charge in [0.05, 0.1) is 5.56 Å². The van der Waals surface area contributed by atoms with Gasteiger partial charge in [-0.05, 0) is 23.3 Å². The normalized spacial score (nSPS) is 14.3. The number of carbonyl (C=O) groups excluding carboxylic acids is 1. The number of nitrogens with zero attached hydrogens (tertiary/aromatic N) is 3. The molecule has 0 N–H and O–H groups in total. The first kappa shape index (κ1) is 19.9. The van der Waals surface area contributed by atoms with Crippen LogP contribution in [-0.4, -0.2) is 20.9 Å². The fraction of sp³-hybridized carbons (Fsp3) is 0.211. The first-order chi connectivity index (χ1) is 14.0. The molecule has 0 unspecified atom stereocenters. The number of hydrogen-bond acceptors (Lipinski definition) is 4. The van der Waals surface area contributed by atoms with E-state index in [0.717, 1.165) is 6.07 Å². The maximum absolute atomic E-state index is 13.2. The summed E-state index contributed by atoms with van der Waals surface area (Å²) < 4.78 is 81.7. The zero-order valence-corrected chi connectivity index (χ0v) is 14.9. The number of carbonyl (C=O) groups is 1. The van der Waals surface area contributed by atoms with Crippen LogP contribution in [0.25, 0.3) is 11.4 Å². The van der Waals surface area contributed by atoms with Gasteiger partial charge in [0.25, 0.3) is 5.91 Å². The molecule has 30 heavy (non-hydrogen) atoms. The lowest BCUT2D eigenvalue weighted by Crippen LogP contribution is -2.25. The van der Waals surface area contributed by atoms with Crippen LogP contribution in [0.3, 0.4) is 0 Å². The van der Waals surface area contributed by atoms with E-state index in [1.54, 1.807) is 0 Å². The monoisotopic (exact) mass is 427 g/mol. The lowest BCUT2D eigenvalue weighted by Gasteiger charge is -2.19. The van der Waals surface area contributed by atoms with Gasteiger partial charge >= 0.3 is 18.2 Å². The lowest BCUT2D eigenvalue weighted by atomic mass is 10.1. The highest BCUT2D eigenvalue weighted by Gasteiger charge is 2.39. The molecule has 0 saturated heterocycles. The standard InChI is InChI=1S/C19H11F6N3O2/c20-18(21,22)14-4-2-1-3-12(14)9-28-8-11-6-5-10(7-13(11)16(28)29)15-26-17(30-27-15)19(23,24)25/h1-7H,8-9H2. The molecule has 0 fully saturated rings. The molecular weight excluding hydrogens is 416 g/mol. The highest BCUT2D eigenvalue weighted by Crippen LogP contribution is 2.35. The van der Waals surface area contributed by atoms with Crippen LogP contribution in [0.15, 0.2) is 47.0 Å². The van der Waals surface area contributed by atoms with Crippen molar-refractivity contribution in [2.75, 3.05) is 0 Å². The van der Waals surface area contributed by atoms with Crippen molar-refractivity contribution < 1.29 is 35.7 Å². The van der Waals surface area contributed by atoms with Gasteiger partial charge in [-0.3, -0.25) is 4.79 Å². The van der Waals surface area contributed by atoms with Crippen molar-refractivity contribution in [3.8, 4) is 11.4 Å². The van der Waals surface area contributed by atoms with Gasteiger partial charge in [-0.1, -0.05) is 35.5 Å². The number of fused-ring (bicyclic) bond motifs is 1. The number of aromatic nitrogens is 2. The van der Waals surface area contributed by atoms with Crippen LogP contribution in [0.4, 0.5) is 26.3 Å². The summed E-state index contributed by atoms with van der Waals surface area (Å²) >= 11 is 0. The molecular formula is C19H11F6N3O2. The zero-order valence-electron chi connectivity index (χ0n) is 14.9. The van der Waals surface area contributed by atoms with E-state index >= 15 is 0 Å². The van der Waals surface area contributed by atoms with Gasteiger partial charge in [0.2, 0.25) is 5.82 Å². The Morgan fingerprint density at radius 1 is 1.00 bits per heavy atom. The third kappa shape index (κ3) is 3.62. The Kier molecular flexibility index (Phi) is 4.55. The number of hydrogen-bond donors (Lipinski definition) is 0. The molecule has 3 aromatic rings. The molecule has 0 bridgehead atoms. The van der Waals surface area contributed by atoms with E-state index in [-0.39, 0.29) is 35.6 Å². The predicted molar refractivity (Wildman–Crippen MR) is 89.8 cm³/mol. The van der Waals surface area contributed by atoms with Gasteiger partial charge in [0, 0.05) is 24.2 Å². The largest absolute Gasteiger partial charge is 0.471 e. The smallest absolute Gasteiger partial charge is 0.330 e. The molecule has 0 aliphatic carbocycles. The highest BCUT2D eigenvalue weighted by molar-refractivity contribution is 5.99. The lowest BCUT2D eigenvalue weighted by molar-refractivity contribution is -0.159. The van der Waals surface area contributed by atoms with E-state index in [2.05, 4.69) is 14.7 Å². The van der Waals surface area contributed by atoms with E-state index in [4.69, 9.17) is 0 Å². The average molecular weight is 427 g/mol. The minimum absolute atomic E-state index is 0.0561. The van der Waals surface area contributed by atoms with Crippen molar-refractivity contribution in [2.45, 2.75) is 25.4 Å². The SMILES string of the molecule is O=C1c2cc(-c3noc(C(F)(F)F)n3)ccc2CN1Cc1ccccc1C(F)(F)F. The maximum atomic E-state index is 13.2. The topological polar surface area (TPSA) is 59.2 Å². The molecule has 2 aromatic carbocycles. The Morgan fingerprint density at radius 2 is 1.73 bits per heavy atom. The quantitative estimate of drug-likeness (QED) is 0.557. The van der Waals surface area contributed by atoms with Gasteiger partial charge in [-0.2, -0.15) is 31.3 Å². The van der Waals surface area contributed by atoms with Gasteiger partial charge in [0.1, 0.15) is 0 Å². The molecule has 0 saturated carbocycles. The molecule has 1 aliphatic heterocycles. The van der Waals surface area contributed by atoms with Crippen molar-refractivity contribution in [1.29, 1.82) is 0 Å². The molecule has 1 amide bonds. The molecule has 5 nitrogen and oxygen atoms in total. The van der Waals surface area contributed by atoms with Gasteiger partial charge < -0.3 is 9.42 Å². The molecule has 2 heterocycles. The molecule has 11 heteroatoms. The average Bonchev–Trinajstić information content (AvgIpc) is 3.27. The molecule has 156 valence electrons. The van der Waals surface area contributed by atoms with Crippen molar-refractivity contribution >= 4 is 5.91 Å². The summed E-state index contributed by atoms with van der Waals surface area (Å²) in [6, 6.07) is 9.17. The minimum Gasteiger partial charge on any atom is -0.330 e. The van der Waals surface area contributed by atoms with Crippen LogP contribution in [0.1, 0.15) is 32.9 Å². The van der Waals surface area contributed by atoms with Crippen LogP contribution in [0, 0.1) is 0 Å². The number of amides is 1. The summed E-state index contributed by atoms with van der Waals surface area (Å²) in [5, 5.41) is 3.27. The zero-order chi connectivity index (χ0) is 21.7. The van der Waals surface area contributed by atoms with E-state index in [0.29, 0.717) is 5.56 Å². The van der Waals surface area contributed by atoms with Crippen LogP contribution in [-0.2, 0) is 25.4 Å². The Hall–Kier alpha value is -3.37. The van der Waals surface area contributed by atoms with Crippen molar-refractivity contribution in [1.82, 2.24) is 15.0 Å². The Bertz CT molecular complexity index is 1120. The Balaban J connectivity index is 1.60. The fourth-order valence-electron chi connectivity index (χ4n) is 3.22. The van der Waals surface area contributed by atoms with Crippen molar-refractivity contribution in [3.63, 3.8) is 0 Å². The summed E-state index contributed by atoms with van der Waals surface area (Å²) in [6.45, 7) is -0.195. The summed E-state index contributed by atoms with van der Waals surface area (Å²) in [5.41, 5.74) is -0.0673. The molecule has 0 spiro atoms. The first-order valence-corrected chi connectivity index (χ1v) is 8.52. The third-order valence-electron chi connectivity index (χ3n) is 4.60. The second-order valence-electron chi connectivity index (χ2n) is 6.61. The fourth-order valence-corrected chi connectivity index (χ4v) is 3.22. The molecule has 0 radical (unpaired) electrons. The second kappa shape index (κ2) is 6.85. The number of halogens is 6.